The summed E-state index contributed by atoms with van der Waals surface area (Å²) in [4.78, 5) is 11.9. The standard InChI is InChI=1S/C14H28N2O.ClH/c1-4-9-14(3,15)13(17)16-10-12-7-5-11(2)6-8-12;/h11-12H,4-10,15H2,1-3H3,(H,16,17);1H. The van der Waals surface area contributed by atoms with Crippen molar-refractivity contribution in [2.45, 2.75) is 64.8 Å². The maximum atomic E-state index is 11.9. The highest BCUT2D eigenvalue weighted by molar-refractivity contribution is 5.85. The number of carbonyl (C=O) groups excluding carboxylic acids is 1. The van der Waals surface area contributed by atoms with Gasteiger partial charge in [-0.3, -0.25) is 4.79 Å². The first-order chi connectivity index (χ1) is 7.95. The third kappa shape index (κ3) is 5.57. The molecule has 108 valence electrons. The summed E-state index contributed by atoms with van der Waals surface area (Å²) in [5.74, 6) is 1.53. The molecule has 1 aliphatic carbocycles. The first kappa shape index (κ1) is 17.7. The van der Waals surface area contributed by atoms with Gasteiger partial charge in [0.1, 0.15) is 0 Å². The summed E-state index contributed by atoms with van der Waals surface area (Å²) in [7, 11) is 0. The molecule has 1 saturated carbocycles. The Balaban J connectivity index is 0.00000289. The average Bonchev–Trinajstić information content (AvgIpc) is 2.27. The van der Waals surface area contributed by atoms with Crippen molar-refractivity contribution in [2.24, 2.45) is 17.6 Å². The van der Waals surface area contributed by atoms with E-state index in [1.807, 2.05) is 6.92 Å². The van der Waals surface area contributed by atoms with E-state index in [0.717, 1.165) is 25.3 Å². The minimum Gasteiger partial charge on any atom is -0.354 e. The Kier molecular flexibility index (Phi) is 7.88. The third-order valence-electron chi connectivity index (χ3n) is 3.97. The predicted octanol–water partition coefficient (Wildman–Crippen LogP) is 2.87. The van der Waals surface area contributed by atoms with E-state index in [2.05, 4.69) is 19.2 Å². The van der Waals surface area contributed by atoms with Crippen LogP contribution in [0.15, 0.2) is 0 Å². The van der Waals surface area contributed by atoms with Crippen molar-refractivity contribution in [3.63, 3.8) is 0 Å². The molecule has 3 N–H and O–H groups in total. The third-order valence-corrected chi connectivity index (χ3v) is 3.97. The van der Waals surface area contributed by atoms with Crippen molar-refractivity contribution in [1.29, 1.82) is 0 Å². The zero-order chi connectivity index (χ0) is 12.9. The number of carbonyl (C=O) groups is 1. The summed E-state index contributed by atoms with van der Waals surface area (Å²) < 4.78 is 0. The molecule has 1 atom stereocenters. The van der Waals surface area contributed by atoms with Crippen LogP contribution in [0.25, 0.3) is 0 Å². The van der Waals surface area contributed by atoms with Gasteiger partial charge in [0.2, 0.25) is 5.91 Å². The Labute approximate surface area is 118 Å². The highest BCUT2D eigenvalue weighted by Gasteiger charge is 2.27. The number of rotatable bonds is 5. The van der Waals surface area contributed by atoms with E-state index < -0.39 is 5.54 Å². The van der Waals surface area contributed by atoms with Gasteiger partial charge in [0.25, 0.3) is 0 Å². The van der Waals surface area contributed by atoms with E-state index >= 15 is 0 Å². The second-order valence-electron chi connectivity index (χ2n) is 6.00. The molecule has 0 aliphatic heterocycles. The van der Waals surface area contributed by atoms with E-state index in [1.165, 1.54) is 25.7 Å². The normalized spacial score (nSPS) is 26.9. The minimum atomic E-state index is -0.698. The molecule has 1 rings (SSSR count). The van der Waals surface area contributed by atoms with Crippen molar-refractivity contribution in [1.82, 2.24) is 5.32 Å². The van der Waals surface area contributed by atoms with E-state index in [4.69, 9.17) is 5.73 Å². The van der Waals surface area contributed by atoms with Crippen molar-refractivity contribution in [3.8, 4) is 0 Å². The van der Waals surface area contributed by atoms with Crippen molar-refractivity contribution < 1.29 is 4.79 Å². The topological polar surface area (TPSA) is 55.1 Å². The van der Waals surface area contributed by atoms with Crippen LogP contribution in [0.5, 0.6) is 0 Å². The van der Waals surface area contributed by atoms with Crippen LogP contribution in [0, 0.1) is 11.8 Å². The van der Waals surface area contributed by atoms with Gasteiger partial charge in [-0.05, 0) is 38.0 Å². The lowest BCUT2D eigenvalue weighted by molar-refractivity contribution is -0.126. The maximum absolute atomic E-state index is 11.9. The predicted molar refractivity (Wildman–Crippen MR) is 78.9 cm³/mol. The number of halogens is 1. The fourth-order valence-corrected chi connectivity index (χ4v) is 2.61. The number of nitrogens with one attached hydrogen (secondary N) is 1. The van der Waals surface area contributed by atoms with Crippen LogP contribution in [-0.2, 0) is 4.79 Å². The van der Waals surface area contributed by atoms with Crippen LogP contribution in [0.1, 0.15) is 59.3 Å². The lowest BCUT2D eigenvalue weighted by Crippen LogP contribution is -2.52. The SMILES string of the molecule is CCCC(C)(N)C(=O)NCC1CCC(C)CC1.Cl. The molecule has 4 heteroatoms. The van der Waals surface area contributed by atoms with Crippen LogP contribution in [0.3, 0.4) is 0 Å². The number of hydrogen-bond acceptors (Lipinski definition) is 2. The summed E-state index contributed by atoms with van der Waals surface area (Å²) in [6, 6.07) is 0. The van der Waals surface area contributed by atoms with Gasteiger partial charge in [-0.25, -0.2) is 0 Å². The Morgan fingerprint density at radius 3 is 2.39 bits per heavy atom. The Hall–Kier alpha value is -0.280. The van der Waals surface area contributed by atoms with Gasteiger partial charge in [-0.1, -0.05) is 33.1 Å². The van der Waals surface area contributed by atoms with Gasteiger partial charge in [-0.15, -0.1) is 12.4 Å². The molecule has 0 heterocycles. The van der Waals surface area contributed by atoms with Crippen LogP contribution < -0.4 is 11.1 Å². The molecule has 1 unspecified atom stereocenters. The summed E-state index contributed by atoms with van der Waals surface area (Å²) >= 11 is 0. The zero-order valence-corrected chi connectivity index (χ0v) is 12.8. The molecule has 1 aliphatic rings. The molecule has 0 saturated heterocycles. The van der Waals surface area contributed by atoms with Crippen LogP contribution in [0.4, 0.5) is 0 Å². The minimum absolute atomic E-state index is 0. The molecule has 1 amide bonds. The first-order valence-corrected chi connectivity index (χ1v) is 7.03. The van der Waals surface area contributed by atoms with Gasteiger partial charge in [-0.2, -0.15) is 0 Å². The van der Waals surface area contributed by atoms with Crippen LogP contribution >= 0.6 is 12.4 Å². The number of amides is 1. The number of nitrogens with two attached hydrogens (primary N) is 1. The van der Waals surface area contributed by atoms with Crippen LogP contribution in [0.2, 0.25) is 0 Å². The van der Waals surface area contributed by atoms with E-state index in [9.17, 15) is 4.79 Å². The maximum Gasteiger partial charge on any atom is 0.239 e. The van der Waals surface area contributed by atoms with Gasteiger partial charge < -0.3 is 11.1 Å². The van der Waals surface area contributed by atoms with E-state index in [-0.39, 0.29) is 18.3 Å². The average molecular weight is 277 g/mol. The van der Waals surface area contributed by atoms with Crippen molar-refractivity contribution in [2.75, 3.05) is 6.54 Å². The van der Waals surface area contributed by atoms with E-state index in [0.29, 0.717) is 5.92 Å². The summed E-state index contributed by atoms with van der Waals surface area (Å²) in [6.07, 6.45) is 6.79. The molecule has 0 spiro atoms. The van der Waals surface area contributed by atoms with Crippen molar-refractivity contribution >= 4 is 18.3 Å². The number of hydrogen-bond donors (Lipinski definition) is 2. The molecule has 3 nitrogen and oxygen atoms in total. The molecule has 1 fully saturated rings. The summed E-state index contributed by atoms with van der Waals surface area (Å²) in [6.45, 7) is 7.00. The lowest BCUT2D eigenvalue weighted by Gasteiger charge is -2.28. The Morgan fingerprint density at radius 2 is 1.89 bits per heavy atom. The van der Waals surface area contributed by atoms with Gasteiger partial charge >= 0.3 is 0 Å². The Morgan fingerprint density at radius 1 is 1.33 bits per heavy atom. The molecule has 18 heavy (non-hydrogen) atoms. The smallest absolute Gasteiger partial charge is 0.239 e. The first-order valence-electron chi connectivity index (χ1n) is 7.03. The second kappa shape index (κ2) is 8.00. The molecule has 0 bridgehead atoms. The van der Waals surface area contributed by atoms with Gasteiger partial charge in [0, 0.05) is 6.54 Å². The largest absolute Gasteiger partial charge is 0.354 e. The van der Waals surface area contributed by atoms with Gasteiger partial charge in [0.05, 0.1) is 5.54 Å². The van der Waals surface area contributed by atoms with E-state index in [1.54, 1.807) is 0 Å². The zero-order valence-electron chi connectivity index (χ0n) is 12.0. The fourth-order valence-electron chi connectivity index (χ4n) is 2.61. The van der Waals surface area contributed by atoms with Crippen molar-refractivity contribution in [3.05, 3.63) is 0 Å². The highest BCUT2D eigenvalue weighted by atomic mass is 35.5. The monoisotopic (exact) mass is 276 g/mol. The summed E-state index contributed by atoms with van der Waals surface area (Å²) in [5, 5.41) is 3.03. The molecule has 0 aromatic carbocycles. The van der Waals surface area contributed by atoms with Crippen LogP contribution in [-0.4, -0.2) is 18.0 Å². The quantitative estimate of drug-likeness (QED) is 0.811. The molecular weight excluding hydrogens is 248 g/mol. The van der Waals surface area contributed by atoms with Gasteiger partial charge in [0.15, 0.2) is 0 Å². The molecule has 0 radical (unpaired) electrons. The molecule has 0 aromatic heterocycles. The summed E-state index contributed by atoms with van der Waals surface area (Å²) in [5.41, 5.74) is 5.30. The molecule has 0 aromatic rings. The highest BCUT2D eigenvalue weighted by Crippen LogP contribution is 2.27. The Bertz CT molecular complexity index is 248. The lowest BCUT2D eigenvalue weighted by atomic mass is 9.83. The fraction of sp³-hybridized carbons (Fsp3) is 0.929. The molecular formula is C14H29ClN2O. The second-order valence-corrected chi connectivity index (χ2v) is 6.00.